The zero-order chi connectivity index (χ0) is 16.7. The highest BCUT2D eigenvalue weighted by atomic mass is 35.5. The molecule has 0 heterocycles. The topological polar surface area (TPSA) is 44.1 Å². The van der Waals surface area contributed by atoms with Crippen molar-refractivity contribution in [3.05, 3.63) is 59.1 Å². The summed E-state index contributed by atoms with van der Waals surface area (Å²) in [6.45, 7) is 2.40. The summed E-state index contributed by atoms with van der Waals surface area (Å²) < 4.78 is 0. The third-order valence-corrected chi connectivity index (χ3v) is 4.52. The predicted octanol–water partition coefficient (Wildman–Crippen LogP) is 4.69. The summed E-state index contributed by atoms with van der Waals surface area (Å²) in [7, 11) is 0. The number of hydrogen-bond donors (Lipinski definition) is 0. The van der Waals surface area contributed by atoms with E-state index in [1.165, 1.54) is 11.8 Å². The number of carbonyl (C=O) groups is 1. The normalized spacial score (nSPS) is 10.1. The van der Waals surface area contributed by atoms with Crippen molar-refractivity contribution in [3.8, 4) is 6.07 Å². The smallest absolute Gasteiger partial charge is 0.237 e. The molecule has 0 spiro atoms. The van der Waals surface area contributed by atoms with E-state index in [-0.39, 0.29) is 5.91 Å². The van der Waals surface area contributed by atoms with E-state index in [9.17, 15) is 4.79 Å². The summed E-state index contributed by atoms with van der Waals surface area (Å²) in [5, 5.41) is 9.49. The predicted molar refractivity (Wildman–Crippen MR) is 95.9 cm³/mol. The number of rotatable bonds is 6. The van der Waals surface area contributed by atoms with Gasteiger partial charge in [0.15, 0.2) is 0 Å². The molecule has 0 unspecified atom stereocenters. The molecule has 5 heteroatoms. The Labute approximate surface area is 145 Å². The van der Waals surface area contributed by atoms with Gasteiger partial charge >= 0.3 is 0 Å². The first-order valence-electron chi connectivity index (χ1n) is 7.22. The molecule has 1 amide bonds. The lowest BCUT2D eigenvalue weighted by Crippen LogP contribution is -2.33. The maximum Gasteiger partial charge on any atom is 0.237 e. The van der Waals surface area contributed by atoms with Gasteiger partial charge in [0.2, 0.25) is 5.91 Å². The molecule has 0 aliphatic carbocycles. The third kappa shape index (κ3) is 5.31. The number of carbonyl (C=O) groups excluding carboxylic acids is 1. The molecule has 0 aliphatic heterocycles. The van der Waals surface area contributed by atoms with Crippen LogP contribution < -0.4 is 4.90 Å². The second-order valence-corrected chi connectivity index (χ2v) is 6.52. The van der Waals surface area contributed by atoms with Crippen LogP contribution in [0.2, 0.25) is 5.02 Å². The van der Waals surface area contributed by atoms with E-state index in [1.54, 1.807) is 4.90 Å². The van der Waals surface area contributed by atoms with E-state index < -0.39 is 0 Å². The van der Waals surface area contributed by atoms with Crippen LogP contribution in [0.1, 0.15) is 12.0 Å². The van der Waals surface area contributed by atoms with Crippen molar-refractivity contribution in [2.45, 2.75) is 18.2 Å². The Morgan fingerprint density at radius 3 is 2.43 bits per heavy atom. The molecule has 0 aromatic heterocycles. The number of anilines is 1. The number of aryl methyl sites for hydroxylation is 1. The molecule has 2 aromatic rings. The van der Waals surface area contributed by atoms with E-state index in [1.807, 2.05) is 55.5 Å². The zero-order valence-corrected chi connectivity index (χ0v) is 14.4. The highest BCUT2D eigenvalue weighted by Gasteiger charge is 2.15. The second kappa shape index (κ2) is 8.61. The number of hydrogen-bond acceptors (Lipinski definition) is 3. The summed E-state index contributed by atoms with van der Waals surface area (Å²) in [5.74, 6) is 0.310. The fraction of sp³-hybridized carbons (Fsp3) is 0.222. The second-order valence-electron chi connectivity index (χ2n) is 5.03. The minimum atomic E-state index is -0.0101. The van der Waals surface area contributed by atoms with E-state index in [0.29, 0.717) is 23.7 Å². The highest BCUT2D eigenvalue weighted by molar-refractivity contribution is 8.00. The van der Waals surface area contributed by atoms with Crippen molar-refractivity contribution in [1.82, 2.24) is 0 Å². The van der Waals surface area contributed by atoms with E-state index in [0.717, 1.165) is 16.1 Å². The molecule has 0 aliphatic rings. The van der Waals surface area contributed by atoms with Gasteiger partial charge in [0.25, 0.3) is 0 Å². The van der Waals surface area contributed by atoms with Crippen molar-refractivity contribution >= 4 is 35.0 Å². The quantitative estimate of drug-likeness (QED) is 0.714. The van der Waals surface area contributed by atoms with Crippen LogP contribution in [0.5, 0.6) is 0 Å². The molecule has 0 N–H and O–H groups in total. The van der Waals surface area contributed by atoms with Crippen LogP contribution in [0.15, 0.2) is 53.4 Å². The fourth-order valence-electron chi connectivity index (χ4n) is 2.04. The average Bonchev–Trinajstić information content (AvgIpc) is 2.56. The van der Waals surface area contributed by atoms with Gasteiger partial charge in [0, 0.05) is 22.2 Å². The Morgan fingerprint density at radius 2 is 1.83 bits per heavy atom. The number of nitrogens with zero attached hydrogens (tertiary/aromatic N) is 2. The van der Waals surface area contributed by atoms with Crippen LogP contribution in [0.3, 0.4) is 0 Å². The molecule has 0 atom stereocenters. The lowest BCUT2D eigenvalue weighted by atomic mass is 10.2. The van der Waals surface area contributed by atoms with Crippen LogP contribution in [-0.4, -0.2) is 18.2 Å². The molecule has 0 saturated carbocycles. The van der Waals surface area contributed by atoms with Crippen LogP contribution >= 0.6 is 23.4 Å². The molecular formula is C18H17ClN2OS. The third-order valence-electron chi connectivity index (χ3n) is 3.27. The molecule has 2 rings (SSSR count). The van der Waals surface area contributed by atoms with Gasteiger partial charge in [-0.2, -0.15) is 5.26 Å². The number of nitriles is 1. The van der Waals surface area contributed by atoms with Gasteiger partial charge in [-0.25, -0.2) is 0 Å². The molecule has 0 radical (unpaired) electrons. The standard InChI is InChI=1S/C18H17ClN2OS/c1-14-3-7-16(8-4-14)21(12-2-11-20)18(22)13-23-17-9-5-15(19)6-10-17/h3-10H,2,12-13H2,1H3. The molecule has 0 fully saturated rings. The van der Waals surface area contributed by atoms with Crippen molar-refractivity contribution in [2.24, 2.45) is 0 Å². The van der Waals surface area contributed by atoms with Gasteiger partial charge in [-0.15, -0.1) is 11.8 Å². The fourth-order valence-corrected chi connectivity index (χ4v) is 2.94. The van der Waals surface area contributed by atoms with Crippen molar-refractivity contribution in [2.75, 3.05) is 17.2 Å². The van der Waals surface area contributed by atoms with Gasteiger partial charge in [0.05, 0.1) is 18.2 Å². The first-order chi connectivity index (χ1) is 11.1. The maximum absolute atomic E-state index is 12.5. The highest BCUT2D eigenvalue weighted by Crippen LogP contribution is 2.22. The van der Waals surface area contributed by atoms with Crippen LogP contribution in [-0.2, 0) is 4.79 Å². The van der Waals surface area contributed by atoms with Crippen LogP contribution in [0.25, 0.3) is 0 Å². The van der Waals surface area contributed by atoms with E-state index >= 15 is 0 Å². The number of amides is 1. The Balaban J connectivity index is 2.05. The number of halogens is 1. The number of thioether (sulfide) groups is 1. The monoisotopic (exact) mass is 344 g/mol. The maximum atomic E-state index is 12.5. The summed E-state index contributed by atoms with van der Waals surface area (Å²) in [5.41, 5.74) is 1.96. The molecule has 2 aromatic carbocycles. The first kappa shape index (κ1) is 17.4. The summed E-state index contributed by atoms with van der Waals surface area (Å²) in [4.78, 5) is 15.2. The Kier molecular flexibility index (Phi) is 6.52. The van der Waals surface area contributed by atoms with Crippen molar-refractivity contribution in [3.63, 3.8) is 0 Å². The van der Waals surface area contributed by atoms with Crippen molar-refractivity contribution in [1.29, 1.82) is 5.26 Å². The van der Waals surface area contributed by atoms with E-state index in [4.69, 9.17) is 16.9 Å². The van der Waals surface area contributed by atoms with E-state index in [2.05, 4.69) is 6.07 Å². The van der Waals surface area contributed by atoms with Gasteiger partial charge < -0.3 is 4.90 Å². The minimum Gasteiger partial charge on any atom is -0.311 e. The van der Waals surface area contributed by atoms with Crippen molar-refractivity contribution < 1.29 is 4.79 Å². The van der Waals surface area contributed by atoms with Crippen LogP contribution in [0.4, 0.5) is 5.69 Å². The molecule has 0 saturated heterocycles. The van der Waals surface area contributed by atoms with Crippen LogP contribution in [0, 0.1) is 18.3 Å². The summed E-state index contributed by atoms with van der Waals surface area (Å²) in [6, 6.07) is 17.3. The van der Waals surface area contributed by atoms with Gasteiger partial charge in [-0.1, -0.05) is 29.3 Å². The molecular weight excluding hydrogens is 328 g/mol. The largest absolute Gasteiger partial charge is 0.311 e. The summed E-state index contributed by atoms with van der Waals surface area (Å²) in [6.07, 6.45) is 0.311. The Bertz CT molecular complexity index is 692. The van der Waals surface area contributed by atoms with Gasteiger partial charge in [-0.05, 0) is 43.3 Å². The molecule has 118 valence electrons. The SMILES string of the molecule is Cc1ccc(N(CCC#N)C(=O)CSc2ccc(Cl)cc2)cc1. The number of benzene rings is 2. The Morgan fingerprint density at radius 1 is 1.17 bits per heavy atom. The first-order valence-corrected chi connectivity index (χ1v) is 8.59. The minimum absolute atomic E-state index is 0.0101. The van der Waals surface area contributed by atoms with Gasteiger partial charge in [-0.3, -0.25) is 4.79 Å². The molecule has 0 bridgehead atoms. The Hall–Kier alpha value is -1.96. The van der Waals surface area contributed by atoms with Gasteiger partial charge in [0.1, 0.15) is 0 Å². The zero-order valence-electron chi connectivity index (χ0n) is 12.8. The molecule has 23 heavy (non-hydrogen) atoms. The average molecular weight is 345 g/mol. The lowest BCUT2D eigenvalue weighted by Gasteiger charge is -2.22. The lowest BCUT2D eigenvalue weighted by molar-refractivity contribution is -0.116. The summed E-state index contributed by atoms with van der Waals surface area (Å²) >= 11 is 7.32. The molecule has 3 nitrogen and oxygen atoms in total.